The van der Waals surface area contributed by atoms with Gasteiger partial charge < -0.3 is 15.5 Å². The van der Waals surface area contributed by atoms with Gasteiger partial charge in [0.25, 0.3) is 0 Å². The Kier molecular flexibility index (Phi) is 7.77. The smallest absolute Gasteiger partial charge is 0.191 e. The summed E-state index contributed by atoms with van der Waals surface area (Å²) in [6.45, 7) is 10.2. The van der Waals surface area contributed by atoms with Gasteiger partial charge >= 0.3 is 0 Å². The minimum Gasteiger partial charge on any atom is -0.355 e. The predicted molar refractivity (Wildman–Crippen MR) is 112 cm³/mol. The van der Waals surface area contributed by atoms with Gasteiger partial charge in [0.1, 0.15) is 0 Å². The topological polar surface area (TPSA) is 42.9 Å². The lowest BCUT2D eigenvalue weighted by atomic mass is 10.0. The van der Waals surface area contributed by atoms with E-state index in [0.717, 1.165) is 31.5 Å². The van der Waals surface area contributed by atoms with Crippen molar-refractivity contribution in [1.29, 1.82) is 0 Å². The van der Waals surface area contributed by atoms with Crippen LogP contribution in [0.5, 0.6) is 0 Å². The third-order valence-corrected chi connectivity index (χ3v) is 6.57. The molecule has 0 amide bonds. The molecule has 3 heterocycles. The molecule has 2 saturated heterocycles. The van der Waals surface area contributed by atoms with E-state index in [0.29, 0.717) is 6.04 Å². The fraction of sp³-hybridized carbons (Fsp3) is 0.750. The second-order valence-electron chi connectivity index (χ2n) is 7.70. The Morgan fingerprint density at radius 1 is 1.27 bits per heavy atom. The molecule has 2 aliphatic heterocycles. The highest BCUT2D eigenvalue weighted by atomic mass is 32.1. The molecular weight excluding hydrogens is 342 g/mol. The second-order valence-corrected chi connectivity index (χ2v) is 8.68. The summed E-state index contributed by atoms with van der Waals surface area (Å²) in [7, 11) is 1.87. The lowest BCUT2D eigenvalue weighted by molar-refractivity contribution is 0.186. The summed E-state index contributed by atoms with van der Waals surface area (Å²) in [4.78, 5) is 11.1. The highest BCUT2D eigenvalue weighted by molar-refractivity contribution is 7.10. The molecule has 1 aromatic rings. The van der Waals surface area contributed by atoms with E-state index in [1.54, 1.807) is 0 Å². The molecule has 5 nitrogen and oxygen atoms in total. The van der Waals surface area contributed by atoms with Crippen LogP contribution in [0, 0.1) is 5.92 Å². The minimum atomic E-state index is 0.457. The van der Waals surface area contributed by atoms with Crippen LogP contribution in [-0.2, 0) is 0 Å². The summed E-state index contributed by atoms with van der Waals surface area (Å²) in [5.74, 6) is 1.77. The van der Waals surface area contributed by atoms with Crippen LogP contribution >= 0.6 is 11.3 Å². The zero-order chi connectivity index (χ0) is 18.2. The van der Waals surface area contributed by atoms with Crippen LogP contribution in [0.3, 0.4) is 0 Å². The van der Waals surface area contributed by atoms with Crippen molar-refractivity contribution in [1.82, 2.24) is 20.4 Å². The number of guanidine groups is 1. The Hall–Kier alpha value is -1.11. The first-order valence-electron chi connectivity index (χ1n) is 10.2. The number of hydrogen-bond donors (Lipinski definition) is 2. The number of nitrogens with zero attached hydrogens (tertiary/aromatic N) is 3. The fourth-order valence-electron chi connectivity index (χ4n) is 4.18. The van der Waals surface area contributed by atoms with E-state index in [4.69, 9.17) is 0 Å². The van der Waals surface area contributed by atoms with Crippen LogP contribution in [0.4, 0.5) is 0 Å². The van der Waals surface area contributed by atoms with Crippen LogP contribution in [0.25, 0.3) is 0 Å². The molecule has 0 spiro atoms. The molecule has 2 unspecified atom stereocenters. The van der Waals surface area contributed by atoms with E-state index in [2.05, 4.69) is 49.9 Å². The van der Waals surface area contributed by atoms with Crippen molar-refractivity contribution in [2.24, 2.45) is 10.9 Å². The Morgan fingerprint density at radius 2 is 2.12 bits per heavy atom. The van der Waals surface area contributed by atoms with Crippen molar-refractivity contribution in [2.75, 3.05) is 52.9 Å². The Morgan fingerprint density at radius 3 is 2.81 bits per heavy atom. The van der Waals surface area contributed by atoms with Gasteiger partial charge in [0.2, 0.25) is 0 Å². The van der Waals surface area contributed by atoms with Crippen LogP contribution in [0.2, 0.25) is 0 Å². The second kappa shape index (κ2) is 10.3. The normalized spacial score (nSPS) is 23.9. The van der Waals surface area contributed by atoms with Crippen molar-refractivity contribution in [3.8, 4) is 0 Å². The van der Waals surface area contributed by atoms with Crippen molar-refractivity contribution in [3.63, 3.8) is 0 Å². The van der Waals surface area contributed by atoms with Gasteiger partial charge in [-0.05, 0) is 62.7 Å². The van der Waals surface area contributed by atoms with Crippen LogP contribution < -0.4 is 10.6 Å². The highest BCUT2D eigenvalue weighted by Crippen LogP contribution is 2.27. The maximum atomic E-state index is 4.43. The molecule has 26 heavy (non-hydrogen) atoms. The average molecular weight is 378 g/mol. The molecule has 2 N–H and O–H groups in total. The molecule has 6 heteroatoms. The first-order valence-corrected chi connectivity index (χ1v) is 11.1. The van der Waals surface area contributed by atoms with Crippen molar-refractivity contribution >= 4 is 17.3 Å². The fourth-order valence-corrected chi connectivity index (χ4v) is 5.04. The molecule has 2 atom stereocenters. The van der Waals surface area contributed by atoms with Crippen LogP contribution in [0.1, 0.15) is 43.5 Å². The van der Waals surface area contributed by atoms with Gasteiger partial charge in [-0.2, -0.15) is 0 Å². The van der Waals surface area contributed by atoms with Gasteiger partial charge in [0.15, 0.2) is 5.96 Å². The number of nitrogens with one attached hydrogen (secondary N) is 2. The van der Waals surface area contributed by atoms with E-state index >= 15 is 0 Å². The third kappa shape index (κ3) is 5.69. The summed E-state index contributed by atoms with van der Waals surface area (Å²) in [5.41, 5.74) is 0. The summed E-state index contributed by atoms with van der Waals surface area (Å²) in [6.07, 6.45) is 5.37. The molecule has 0 aliphatic carbocycles. The summed E-state index contributed by atoms with van der Waals surface area (Å²) < 4.78 is 0. The van der Waals surface area contributed by atoms with E-state index < -0.39 is 0 Å². The molecule has 0 bridgehead atoms. The molecule has 2 fully saturated rings. The lowest BCUT2D eigenvalue weighted by Gasteiger charge is -2.31. The number of aliphatic imine (C=N–C) groups is 1. The van der Waals surface area contributed by atoms with Gasteiger partial charge in [-0.15, -0.1) is 11.3 Å². The number of hydrogen-bond acceptors (Lipinski definition) is 4. The molecule has 2 aliphatic rings. The first-order chi connectivity index (χ1) is 12.8. The number of rotatable bonds is 7. The van der Waals surface area contributed by atoms with E-state index in [9.17, 15) is 0 Å². The minimum absolute atomic E-state index is 0.457. The van der Waals surface area contributed by atoms with E-state index in [-0.39, 0.29) is 0 Å². The molecule has 146 valence electrons. The number of piperidine rings is 1. The lowest BCUT2D eigenvalue weighted by Crippen LogP contribution is -2.45. The molecule has 3 rings (SSSR count). The molecule has 0 radical (unpaired) electrons. The summed E-state index contributed by atoms with van der Waals surface area (Å²) in [5, 5.41) is 9.26. The van der Waals surface area contributed by atoms with Gasteiger partial charge in [0, 0.05) is 38.1 Å². The Bertz CT molecular complexity index is 538. The molecule has 1 aromatic heterocycles. The molecule has 0 saturated carbocycles. The summed E-state index contributed by atoms with van der Waals surface area (Å²) >= 11 is 1.87. The third-order valence-electron chi connectivity index (χ3n) is 5.60. The van der Waals surface area contributed by atoms with Crippen LogP contribution in [-0.4, -0.2) is 68.6 Å². The zero-order valence-corrected chi connectivity index (χ0v) is 17.2. The number of likely N-dealkylation sites (tertiary alicyclic amines) is 2. The largest absolute Gasteiger partial charge is 0.355 e. The van der Waals surface area contributed by atoms with Gasteiger partial charge in [-0.25, -0.2) is 0 Å². The van der Waals surface area contributed by atoms with Crippen molar-refractivity contribution in [3.05, 3.63) is 22.4 Å². The van der Waals surface area contributed by atoms with E-state index in [1.807, 2.05) is 18.4 Å². The maximum Gasteiger partial charge on any atom is 0.191 e. The SMILES string of the molecule is CN=C(NCCN1CCCC(C)C1)NCC(c1cccs1)N1CCCC1. The summed E-state index contributed by atoms with van der Waals surface area (Å²) in [6, 6.07) is 4.89. The highest BCUT2D eigenvalue weighted by Gasteiger charge is 2.24. The zero-order valence-electron chi connectivity index (χ0n) is 16.4. The van der Waals surface area contributed by atoms with Gasteiger partial charge in [-0.1, -0.05) is 13.0 Å². The predicted octanol–water partition coefficient (Wildman–Crippen LogP) is 2.78. The number of thiophene rings is 1. The molecular formula is C20H35N5S. The Labute approximate surface area is 162 Å². The quantitative estimate of drug-likeness (QED) is 0.566. The van der Waals surface area contributed by atoms with Crippen molar-refractivity contribution in [2.45, 2.75) is 38.6 Å². The van der Waals surface area contributed by atoms with E-state index in [1.165, 1.54) is 56.7 Å². The Balaban J connectivity index is 1.44. The van der Waals surface area contributed by atoms with Gasteiger partial charge in [-0.3, -0.25) is 9.89 Å². The maximum absolute atomic E-state index is 4.43. The first kappa shape index (κ1) is 19.6. The van der Waals surface area contributed by atoms with Gasteiger partial charge in [0.05, 0.1) is 6.04 Å². The van der Waals surface area contributed by atoms with Crippen LogP contribution in [0.15, 0.2) is 22.5 Å². The molecule has 0 aromatic carbocycles. The average Bonchev–Trinajstić information content (AvgIpc) is 3.35. The monoisotopic (exact) mass is 377 g/mol. The standard InChI is InChI=1S/C20H35N5S/c1-17-7-5-10-24(16-17)13-9-22-20(21-2)23-15-18(19-8-6-14-26-19)25-11-3-4-12-25/h6,8,14,17-18H,3-5,7,9-13,15-16H2,1-2H3,(H2,21,22,23). The van der Waals surface area contributed by atoms with Crippen molar-refractivity contribution < 1.29 is 0 Å².